The number of hydrogen-bond acceptors (Lipinski definition) is 4. The molecule has 2 aromatic heterocycles. The summed E-state index contributed by atoms with van der Waals surface area (Å²) in [5.74, 6) is -0.229. The first kappa shape index (κ1) is 15.7. The second kappa shape index (κ2) is 6.95. The predicted molar refractivity (Wildman–Crippen MR) is 93.7 cm³/mol. The van der Waals surface area contributed by atoms with Crippen LogP contribution in [-0.2, 0) is 11.2 Å². The van der Waals surface area contributed by atoms with Crippen LogP contribution in [0.15, 0.2) is 48.0 Å². The molecule has 1 atom stereocenters. The van der Waals surface area contributed by atoms with Crippen molar-refractivity contribution < 1.29 is 4.79 Å². The number of nitrogens with zero attached hydrogens (tertiary/aromatic N) is 1. The van der Waals surface area contributed by atoms with Crippen molar-refractivity contribution >= 4 is 34.5 Å². The van der Waals surface area contributed by atoms with Gasteiger partial charge in [-0.2, -0.15) is 5.10 Å². The van der Waals surface area contributed by atoms with Gasteiger partial charge in [0.15, 0.2) is 0 Å². The first-order valence-electron chi connectivity index (χ1n) is 7.01. The minimum Gasteiger partial charge on any atom is -0.323 e. The number of aromatic nitrogens is 2. The summed E-state index contributed by atoms with van der Waals surface area (Å²) in [5, 5.41) is 12.2. The van der Waals surface area contributed by atoms with Gasteiger partial charge in [-0.3, -0.25) is 9.89 Å². The normalized spacial score (nSPS) is 12.1. The summed E-state index contributed by atoms with van der Waals surface area (Å²) < 4.78 is 0. The van der Waals surface area contributed by atoms with Gasteiger partial charge in [0, 0.05) is 23.3 Å². The Hall–Kier alpha value is -2.15. The maximum absolute atomic E-state index is 12.3. The van der Waals surface area contributed by atoms with Crippen molar-refractivity contribution in [3.05, 3.63) is 58.7 Å². The Bertz CT molecular complexity index is 783. The van der Waals surface area contributed by atoms with Crippen molar-refractivity contribution in [3.63, 3.8) is 0 Å². The van der Waals surface area contributed by atoms with Gasteiger partial charge in [0.25, 0.3) is 0 Å². The molecule has 3 aromatic rings. The maximum atomic E-state index is 12.3. The molecule has 118 valence electrons. The van der Waals surface area contributed by atoms with Crippen LogP contribution in [-0.4, -0.2) is 22.1 Å². The minimum absolute atomic E-state index is 0.229. The lowest BCUT2D eigenvalue weighted by Crippen LogP contribution is -2.37. The molecule has 0 spiro atoms. The Kier molecular flexibility index (Phi) is 4.76. The Balaban J connectivity index is 1.72. The van der Waals surface area contributed by atoms with E-state index in [4.69, 9.17) is 17.3 Å². The number of hydrogen-bond donors (Lipinski definition) is 3. The van der Waals surface area contributed by atoms with E-state index in [1.54, 1.807) is 23.6 Å². The lowest BCUT2D eigenvalue weighted by atomic mass is 10.1. The zero-order valence-electron chi connectivity index (χ0n) is 12.1. The molecule has 3 rings (SSSR count). The monoisotopic (exact) mass is 346 g/mol. The van der Waals surface area contributed by atoms with E-state index in [0.29, 0.717) is 11.4 Å². The molecular weight excluding hydrogens is 332 g/mol. The van der Waals surface area contributed by atoms with Gasteiger partial charge in [-0.1, -0.05) is 23.7 Å². The predicted octanol–water partition coefficient (Wildman–Crippen LogP) is 3.30. The van der Waals surface area contributed by atoms with E-state index in [9.17, 15) is 4.79 Å². The van der Waals surface area contributed by atoms with Gasteiger partial charge in [-0.25, -0.2) is 0 Å². The molecule has 1 aromatic carbocycles. The maximum Gasteiger partial charge on any atom is 0.241 e. The van der Waals surface area contributed by atoms with Gasteiger partial charge >= 0.3 is 0 Å². The van der Waals surface area contributed by atoms with Crippen LogP contribution in [0.25, 0.3) is 10.4 Å². The molecule has 1 amide bonds. The molecule has 0 saturated heterocycles. The number of nitrogens with two attached hydrogens (primary N) is 1. The molecule has 0 aliphatic carbocycles. The summed E-state index contributed by atoms with van der Waals surface area (Å²) in [6.45, 7) is 0. The first-order valence-corrected chi connectivity index (χ1v) is 8.27. The summed E-state index contributed by atoms with van der Waals surface area (Å²) in [4.78, 5) is 13.3. The van der Waals surface area contributed by atoms with E-state index >= 15 is 0 Å². The van der Waals surface area contributed by atoms with Crippen LogP contribution in [0.3, 0.4) is 0 Å². The Labute approximate surface area is 142 Å². The van der Waals surface area contributed by atoms with Gasteiger partial charge in [-0.15, -0.1) is 11.3 Å². The van der Waals surface area contributed by atoms with Gasteiger partial charge in [0.1, 0.15) is 0 Å². The average molecular weight is 347 g/mol. The fourth-order valence-corrected chi connectivity index (χ4v) is 3.17. The quantitative estimate of drug-likeness (QED) is 0.662. The van der Waals surface area contributed by atoms with Crippen molar-refractivity contribution in [2.45, 2.75) is 12.5 Å². The highest BCUT2D eigenvalue weighted by Gasteiger charge is 2.17. The van der Waals surface area contributed by atoms with Crippen molar-refractivity contribution in [3.8, 4) is 10.4 Å². The molecule has 0 bridgehead atoms. The van der Waals surface area contributed by atoms with E-state index in [0.717, 1.165) is 21.8 Å². The molecule has 0 radical (unpaired) electrons. The molecule has 0 aliphatic rings. The van der Waals surface area contributed by atoms with Crippen molar-refractivity contribution in [2.75, 3.05) is 5.32 Å². The van der Waals surface area contributed by atoms with E-state index < -0.39 is 6.04 Å². The van der Waals surface area contributed by atoms with Gasteiger partial charge < -0.3 is 11.1 Å². The summed E-state index contributed by atoms with van der Waals surface area (Å²) in [6, 6.07) is 10.5. The van der Waals surface area contributed by atoms with Crippen LogP contribution < -0.4 is 11.1 Å². The number of carbonyl (C=O) groups is 1. The molecule has 2 heterocycles. The summed E-state index contributed by atoms with van der Waals surface area (Å²) in [6.07, 6.45) is 2.05. The molecule has 0 aliphatic heterocycles. The van der Waals surface area contributed by atoms with Crippen molar-refractivity contribution in [1.82, 2.24) is 10.2 Å². The van der Waals surface area contributed by atoms with Gasteiger partial charge in [-0.05, 0) is 35.2 Å². The standard InChI is InChI=1S/C16H15ClN4OS/c17-11-3-1-10(2-4-11)15-14(6-8-23-15)20-16(22)13(18)9-12-5-7-19-21-12/h1-8,13H,9,18H2,(H,19,21)(H,20,22). The summed E-state index contributed by atoms with van der Waals surface area (Å²) in [5.41, 5.74) is 8.54. The van der Waals surface area contributed by atoms with E-state index in [2.05, 4.69) is 15.5 Å². The van der Waals surface area contributed by atoms with Crippen LogP contribution >= 0.6 is 22.9 Å². The topological polar surface area (TPSA) is 83.8 Å². The molecule has 0 saturated carbocycles. The number of nitrogens with one attached hydrogen (secondary N) is 2. The molecule has 4 N–H and O–H groups in total. The third-order valence-electron chi connectivity index (χ3n) is 3.36. The molecule has 5 nitrogen and oxygen atoms in total. The Morgan fingerprint density at radius 1 is 1.30 bits per heavy atom. The van der Waals surface area contributed by atoms with Crippen molar-refractivity contribution in [2.24, 2.45) is 5.73 Å². The Morgan fingerprint density at radius 3 is 2.78 bits per heavy atom. The second-order valence-corrected chi connectivity index (χ2v) is 6.40. The molecule has 1 unspecified atom stereocenters. The number of carbonyl (C=O) groups excluding carboxylic acids is 1. The molecule has 7 heteroatoms. The average Bonchev–Trinajstić information content (AvgIpc) is 3.20. The minimum atomic E-state index is -0.645. The fraction of sp³-hybridized carbons (Fsp3) is 0.125. The number of H-pyrrole nitrogens is 1. The van der Waals surface area contributed by atoms with E-state index in [1.807, 2.05) is 35.7 Å². The molecular formula is C16H15ClN4OS. The molecule has 0 fully saturated rings. The zero-order valence-corrected chi connectivity index (χ0v) is 13.7. The first-order chi connectivity index (χ1) is 11.1. The highest BCUT2D eigenvalue weighted by Crippen LogP contribution is 2.34. The van der Waals surface area contributed by atoms with Crippen LogP contribution in [0.4, 0.5) is 5.69 Å². The zero-order chi connectivity index (χ0) is 16.2. The van der Waals surface area contributed by atoms with E-state index in [1.165, 1.54) is 0 Å². The lowest BCUT2D eigenvalue weighted by Gasteiger charge is -2.12. The Morgan fingerprint density at radius 2 is 2.09 bits per heavy atom. The SMILES string of the molecule is NC(Cc1ccn[nH]1)C(=O)Nc1ccsc1-c1ccc(Cl)cc1. The lowest BCUT2D eigenvalue weighted by molar-refractivity contribution is -0.117. The number of amides is 1. The van der Waals surface area contributed by atoms with E-state index in [-0.39, 0.29) is 5.91 Å². The number of thiophene rings is 1. The third-order valence-corrected chi connectivity index (χ3v) is 4.58. The van der Waals surface area contributed by atoms with Crippen LogP contribution in [0.5, 0.6) is 0 Å². The smallest absolute Gasteiger partial charge is 0.241 e. The number of rotatable bonds is 5. The fourth-order valence-electron chi connectivity index (χ4n) is 2.19. The third kappa shape index (κ3) is 3.79. The number of anilines is 1. The van der Waals surface area contributed by atoms with Crippen LogP contribution in [0, 0.1) is 0 Å². The second-order valence-electron chi connectivity index (χ2n) is 5.05. The van der Waals surface area contributed by atoms with Crippen molar-refractivity contribution in [1.29, 1.82) is 0 Å². The summed E-state index contributed by atoms with van der Waals surface area (Å²) in [7, 11) is 0. The number of benzene rings is 1. The highest BCUT2D eigenvalue weighted by molar-refractivity contribution is 7.14. The summed E-state index contributed by atoms with van der Waals surface area (Å²) >= 11 is 7.47. The van der Waals surface area contributed by atoms with Crippen LogP contribution in [0.2, 0.25) is 5.02 Å². The van der Waals surface area contributed by atoms with Gasteiger partial charge in [0.05, 0.1) is 16.6 Å². The number of halogens is 1. The van der Waals surface area contributed by atoms with Gasteiger partial charge in [0.2, 0.25) is 5.91 Å². The highest BCUT2D eigenvalue weighted by atomic mass is 35.5. The largest absolute Gasteiger partial charge is 0.323 e. The number of aromatic amines is 1. The van der Waals surface area contributed by atoms with Crippen LogP contribution in [0.1, 0.15) is 5.69 Å². The molecule has 23 heavy (non-hydrogen) atoms.